The fourth-order valence-electron chi connectivity index (χ4n) is 3.07. The SMILES string of the molecule is COc1nc(C2=NC(C3CCC3)CON2)ccc1-n1cnc(C)c1. The maximum Gasteiger partial charge on any atom is 0.238 e. The van der Waals surface area contributed by atoms with E-state index in [0.29, 0.717) is 24.2 Å². The number of nitrogens with zero attached hydrogens (tertiary/aromatic N) is 4. The van der Waals surface area contributed by atoms with Crippen molar-refractivity contribution in [3.8, 4) is 11.6 Å². The van der Waals surface area contributed by atoms with E-state index in [2.05, 4.69) is 15.4 Å². The van der Waals surface area contributed by atoms with Crippen LogP contribution >= 0.6 is 0 Å². The average Bonchev–Trinajstić information content (AvgIpc) is 2.99. The standard InChI is InChI=1S/C17H21N5O2/c1-11-8-22(10-18-11)15-7-6-13(20-17(15)23-2)16-19-14(9-24-21-16)12-4-3-5-12/h6-8,10,12,14H,3-5,9H2,1-2H3,(H,19,21). The second kappa shape index (κ2) is 6.24. The van der Waals surface area contributed by atoms with Crippen LogP contribution in [0.5, 0.6) is 5.88 Å². The van der Waals surface area contributed by atoms with E-state index in [9.17, 15) is 0 Å². The van der Waals surface area contributed by atoms with E-state index in [1.54, 1.807) is 13.4 Å². The molecule has 7 heteroatoms. The monoisotopic (exact) mass is 327 g/mol. The summed E-state index contributed by atoms with van der Waals surface area (Å²) in [5, 5.41) is 0. The number of hydrogen-bond acceptors (Lipinski definition) is 6. The molecule has 2 aliphatic rings. The van der Waals surface area contributed by atoms with Crippen LogP contribution < -0.4 is 10.2 Å². The number of rotatable bonds is 4. The highest BCUT2D eigenvalue weighted by atomic mass is 16.6. The minimum atomic E-state index is 0.221. The molecule has 2 aromatic heterocycles. The Morgan fingerprint density at radius 2 is 2.21 bits per heavy atom. The van der Waals surface area contributed by atoms with Gasteiger partial charge in [0.15, 0.2) is 5.84 Å². The Morgan fingerprint density at radius 1 is 1.33 bits per heavy atom. The van der Waals surface area contributed by atoms with Crippen LogP contribution in [0.4, 0.5) is 0 Å². The van der Waals surface area contributed by atoms with Gasteiger partial charge in [-0.2, -0.15) is 0 Å². The van der Waals surface area contributed by atoms with E-state index < -0.39 is 0 Å². The summed E-state index contributed by atoms with van der Waals surface area (Å²) in [5.74, 6) is 1.84. The van der Waals surface area contributed by atoms with E-state index in [-0.39, 0.29) is 6.04 Å². The van der Waals surface area contributed by atoms with Crippen molar-refractivity contribution < 1.29 is 9.57 Å². The van der Waals surface area contributed by atoms with Gasteiger partial charge < -0.3 is 9.30 Å². The number of hydrogen-bond donors (Lipinski definition) is 1. The van der Waals surface area contributed by atoms with E-state index in [4.69, 9.17) is 14.6 Å². The zero-order valence-corrected chi connectivity index (χ0v) is 13.9. The molecular formula is C17H21N5O2. The quantitative estimate of drug-likeness (QED) is 0.930. The first-order valence-corrected chi connectivity index (χ1v) is 8.26. The highest BCUT2D eigenvalue weighted by Crippen LogP contribution is 2.32. The average molecular weight is 327 g/mol. The predicted octanol–water partition coefficient (Wildman–Crippen LogP) is 2.03. The maximum atomic E-state index is 5.52. The van der Waals surface area contributed by atoms with Gasteiger partial charge in [0.05, 0.1) is 31.8 Å². The van der Waals surface area contributed by atoms with E-state index >= 15 is 0 Å². The summed E-state index contributed by atoms with van der Waals surface area (Å²) in [6.07, 6.45) is 7.46. The minimum absolute atomic E-state index is 0.221. The third-order valence-electron chi connectivity index (χ3n) is 4.68. The maximum absolute atomic E-state index is 5.52. The molecule has 3 heterocycles. The normalized spacial score (nSPS) is 20.9. The molecule has 0 radical (unpaired) electrons. The van der Waals surface area contributed by atoms with Gasteiger partial charge in [-0.15, -0.1) is 0 Å². The summed E-state index contributed by atoms with van der Waals surface area (Å²) in [6.45, 7) is 2.57. The van der Waals surface area contributed by atoms with Gasteiger partial charge in [0, 0.05) is 6.20 Å². The Balaban J connectivity index is 1.65. The molecule has 0 amide bonds. The first-order valence-electron chi connectivity index (χ1n) is 8.26. The van der Waals surface area contributed by atoms with Crippen molar-refractivity contribution in [1.29, 1.82) is 0 Å². The van der Waals surface area contributed by atoms with Crippen LogP contribution in [-0.4, -0.2) is 40.1 Å². The Bertz CT molecular complexity index is 766. The van der Waals surface area contributed by atoms with Crippen molar-refractivity contribution in [3.63, 3.8) is 0 Å². The molecule has 0 saturated heterocycles. The minimum Gasteiger partial charge on any atom is -0.479 e. The Labute approximate surface area is 140 Å². The number of aryl methyl sites for hydroxylation is 1. The van der Waals surface area contributed by atoms with E-state index in [1.807, 2.05) is 29.8 Å². The number of pyridine rings is 1. The lowest BCUT2D eigenvalue weighted by atomic mass is 9.80. The third-order valence-corrected chi connectivity index (χ3v) is 4.68. The number of ether oxygens (including phenoxy) is 1. The Morgan fingerprint density at radius 3 is 2.88 bits per heavy atom. The molecule has 1 aliphatic carbocycles. The first kappa shape index (κ1) is 15.1. The molecule has 7 nitrogen and oxygen atoms in total. The number of amidine groups is 1. The summed E-state index contributed by atoms with van der Waals surface area (Å²) in [6, 6.07) is 4.10. The van der Waals surface area contributed by atoms with Gasteiger partial charge in [-0.1, -0.05) is 6.42 Å². The summed E-state index contributed by atoms with van der Waals surface area (Å²) in [4.78, 5) is 19.2. The van der Waals surface area contributed by atoms with Crippen LogP contribution in [0.2, 0.25) is 0 Å². The molecule has 1 N–H and O–H groups in total. The summed E-state index contributed by atoms with van der Waals surface area (Å²) < 4.78 is 7.36. The Hall–Kier alpha value is -2.41. The smallest absolute Gasteiger partial charge is 0.238 e. The van der Waals surface area contributed by atoms with Gasteiger partial charge in [-0.3, -0.25) is 9.83 Å². The summed E-state index contributed by atoms with van der Waals surface area (Å²) in [7, 11) is 1.61. The largest absolute Gasteiger partial charge is 0.479 e. The molecule has 126 valence electrons. The fourth-order valence-corrected chi connectivity index (χ4v) is 3.07. The molecule has 1 atom stereocenters. The number of aliphatic imine (C=N–C) groups is 1. The number of aromatic nitrogens is 3. The molecular weight excluding hydrogens is 306 g/mol. The lowest BCUT2D eigenvalue weighted by Gasteiger charge is -2.33. The van der Waals surface area contributed by atoms with Gasteiger partial charge >= 0.3 is 0 Å². The molecule has 1 saturated carbocycles. The number of imidazole rings is 1. The van der Waals surface area contributed by atoms with Crippen molar-refractivity contribution in [2.45, 2.75) is 32.2 Å². The topological polar surface area (TPSA) is 73.6 Å². The predicted molar refractivity (Wildman–Crippen MR) is 89.4 cm³/mol. The van der Waals surface area contributed by atoms with E-state index in [1.165, 1.54) is 19.3 Å². The molecule has 1 fully saturated rings. The van der Waals surface area contributed by atoms with Crippen LogP contribution in [0.3, 0.4) is 0 Å². The summed E-state index contributed by atoms with van der Waals surface area (Å²) >= 11 is 0. The van der Waals surface area contributed by atoms with Crippen molar-refractivity contribution in [3.05, 3.63) is 36.0 Å². The Kier molecular flexibility index (Phi) is 3.93. The molecule has 0 aromatic carbocycles. The van der Waals surface area contributed by atoms with Gasteiger partial charge in [0.1, 0.15) is 11.4 Å². The van der Waals surface area contributed by atoms with Crippen molar-refractivity contribution in [2.75, 3.05) is 13.7 Å². The molecule has 0 spiro atoms. The molecule has 1 unspecified atom stereocenters. The number of hydroxylamine groups is 1. The molecule has 24 heavy (non-hydrogen) atoms. The van der Waals surface area contributed by atoms with Gasteiger partial charge in [0.25, 0.3) is 0 Å². The van der Waals surface area contributed by atoms with Gasteiger partial charge in [0.2, 0.25) is 5.88 Å². The highest BCUT2D eigenvalue weighted by molar-refractivity contribution is 5.97. The lowest BCUT2D eigenvalue weighted by molar-refractivity contribution is 0.0379. The lowest BCUT2D eigenvalue weighted by Crippen LogP contribution is -2.41. The van der Waals surface area contributed by atoms with Gasteiger partial charge in [-0.05, 0) is 37.8 Å². The zero-order valence-electron chi connectivity index (χ0n) is 13.9. The third kappa shape index (κ3) is 2.75. The second-order valence-corrected chi connectivity index (χ2v) is 6.30. The first-order chi connectivity index (χ1) is 11.7. The fraction of sp³-hybridized carbons (Fsp3) is 0.471. The van der Waals surface area contributed by atoms with Crippen molar-refractivity contribution in [1.82, 2.24) is 20.0 Å². The van der Waals surface area contributed by atoms with E-state index in [0.717, 1.165) is 17.1 Å². The molecule has 0 bridgehead atoms. The second-order valence-electron chi connectivity index (χ2n) is 6.30. The van der Waals surface area contributed by atoms with Gasteiger partial charge in [-0.25, -0.2) is 15.4 Å². The zero-order chi connectivity index (χ0) is 16.5. The van der Waals surface area contributed by atoms with Crippen molar-refractivity contribution >= 4 is 5.84 Å². The number of methoxy groups -OCH3 is 1. The number of nitrogens with one attached hydrogen (secondary N) is 1. The van der Waals surface area contributed by atoms with Crippen LogP contribution in [-0.2, 0) is 4.84 Å². The van der Waals surface area contributed by atoms with Crippen LogP contribution in [0.1, 0.15) is 30.7 Å². The molecule has 4 rings (SSSR count). The van der Waals surface area contributed by atoms with Crippen LogP contribution in [0.15, 0.2) is 29.6 Å². The van der Waals surface area contributed by atoms with Crippen molar-refractivity contribution in [2.24, 2.45) is 10.9 Å². The summed E-state index contributed by atoms with van der Waals surface area (Å²) in [5.41, 5.74) is 5.40. The molecule has 2 aromatic rings. The highest BCUT2D eigenvalue weighted by Gasteiger charge is 2.30. The van der Waals surface area contributed by atoms with Crippen LogP contribution in [0, 0.1) is 12.8 Å². The molecule has 1 aliphatic heterocycles. The van der Waals surface area contributed by atoms with Crippen LogP contribution in [0.25, 0.3) is 5.69 Å².